The van der Waals surface area contributed by atoms with Crippen LogP contribution < -0.4 is 0 Å². The van der Waals surface area contributed by atoms with E-state index in [-0.39, 0.29) is 16.8 Å². The van der Waals surface area contributed by atoms with Gasteiger partial charge in [0.2, 0.25) is 0 Å². The zero-order chi connectivity index (χ0) is 22.9. The van der Waals surface area contributed by atoms with Crippen molar-refractivity contribution in [2.45, 2.75) is 70.9 Å². The van der Waals surface area contributed by atoms with Gasteiger partial charge in [0.25, 0.3) is 5.69 Å². The molecule has 0 spiro atoms. The zero-order valence-electron chi connectivity index (χ0n) is 19.0. The van der Waals surface area contributed by atoms with E-state index >= 15 is 0 Å². The second-order valence-corrected chi connectivity index (χ2v) is 13.6. The first-order chi connectivity index (χ1) is 13.9. The molecule has 2 unspecified atom stereocenters. The first kappa shape index (κ1) is 26.0. The van der Waals surface area contributed by atoms with E-state index in [0.717, 1.165) is 0 Å². The molecule has 30 heavy (non-hydrogen) atoms. The van der Waals surface area contributed by atoms with Crippen LogP contribution in [0.4, 0.5) is 5.69 Å². The maximum Gasteiger partial charge on any atom is 0.303 e. The number of esters is 1. The second-order valence-electron chi connectivity index (χ2n) is 8.82. The molecule has 0 fully saturated rings. The quantitative estimate of drug-likeness (QED) is 0.140. The molecule has 1 aromatic rings. The van der Waals surface area contributed by atoms with Crippen molar-refractivity contribution in [3.8, 4) is 0 Å². The Labute approximate surface area is 180 Å². The smallest absolute Gasteiger partial charge is 0.303 e. The summed E-state index contributed by atoms with van der Waals surface area (Å²) in [6.07, 6.45) is 1.96. The monoisotopic (exact) mass is 437 g/mol. The molecule has 0 heterocycles. The summed E-state index contributed by atoms with van der Waals surface area (Å²) in [5.74, 6) is -0.418. The molecule has 0 aromatic heterocycles. The number of hydrogen-bond acceptors (Lipinski definition) is 6. The number of nitrogens with zero attached hydrogens (tertiary/aromatic N) is 1. The van der Waals surface area contributed by atoms with E-state index in [1.54, 1.807) is 18.2 Å². The lowest BCUT2D eigenvalue weighted by atomic mass is 10.0. The predicted molar refractivity (Wildman–Crippen MR) is 120 cm³/mol. The van der Waals surface area contributed by atoms with Crippen LogP contribution in [-0.4, -0.2) is 38.5 Å². The normalized spacial score (nSPS) is 14.1. The van der Waals surface area contributed by atoms with Crippen LogP contribution in [0.25, 0.3) is 0 Å². The highest BCUT2D eigenvalue weighted by Crippen LogP contribution is 2.37. The molecule has 0 saturated carbocycles. The van der Waals surface area contributed by atoms with Gasteiger partial charge in [-0.1, -0.05) is 26.8 Å². The fraction of sp³-hybridized carbons (Fsp3) is 0.591. The van der Waals surface area contributed by atoms with Gasteiger partial charge in [-0.25, -0.2) is 0 Å². The molecule has 0 radical (unpaired) electrons. The maximum absolute atomic E-state index is 11.6. The van der Waals surface area contributed by atoms with Crippen LogP contribution in [0.3, 0.4) is 0 Å². The summed E-state index contributed by atoms with van der Waals surface area (Å²) in [5, 5.41) is 11.0. The van der Waals surface area contributed by atoms with Gasteiger partial charge in [-0.2, -0.15) is 0 Å². The summed E-state index contributed by atoms with van der Waals surface area (Å²) in [7, 11) is -1.88. The average molecular weight is 438 g/mol. The summed E-state index contributed by atoms with van der Waals surface area (Å²) in [4.78, 5) is 22.1. The first-order valence-electron chi connectivity index (χ1n) is 10.2. The SMILES string of the molecule is C=CCOC(CCO[Si](C)(C)C(C)(C)C)CC(OC(C)=O)c1ccc([N+](=O)[O-])cc1. The van der Waals surface area contributed by atoms with Crippen LogP contribution >= 0.6 is 0 Å². The Morgan fingerprint density at radius 1 is 1.27 bits per heavy atom. The fourth-order valence-electron chi connectivity index (χ4n) is 2.64. The van der Waals surface area contributed by atoms with E-state index in [1.807, 2.05) is 0 Å². The number of hydrogen-bond donors (Lipinski definition) is 0. The third-order valence-corrected chi connectivity index (χ3v) is 9.96. The van der Waals surface area contributed by atoms with E-state index in [4.69, 9.17) is 13.9 Å². The van der Waals surface area contributed by atoms with Crippen molar-refractivity contribution in [1.29, 1.82) is 0 Å². The van der Waals surface area contributed by atoms with E-state index in [2.05, 4.69) is 40.4 Å². The third-order valence-electron chi connectivity index (χ3n) is 5.42. The molecule has 1 rings (SSSR count). The molecule has 168 valence electrons. The van der Waals surface area contributed by atoms with Gasteiger partial charge in [-0.3, -0.25) is 14.9 Å². The van der Waals surface area contributed by atoms with Gasteiger partial charge in [-0.15, -0.1) is 6.58 Å². The molecular formula is C22H35NO6Si. The van der Waals surface area contributed by atoms with Gasteiger partial charge in [-0.05, 0) is 42.2 Å². The minimum Gasteiger partial charge on any atom is -0.458 e. The zero-order valence-corrected chi connectivity index (χ0v) is 20.0. The molecule has 0 aliphatic heterocycles. The Balaban J connectivity index is 2.91. The molecule has 0 N–H and O–H groups in total. The predicted octanol–water partition coefficient (Wildman–Crippen LogP) is 5.57. The summed E-state index contributed by atoms with van der Waals surface area (Å²) in [5.41, 5.74) is 0.677. The molecule has 0 aliphatic rings. The van der Waals surface area contributed by atoms with Crippen molar-refractivity contribution < 1.29 is 23.6 Å². The lowest BCUT2D eigenvalue weighted by Crippen LogP contribution is -2.41. The summed E-state index contributed by atoms with van der Waals surface area (Å²) in [6.45, 7) is 16.9. The van der Waals surface area contributed by atoms with Gasteiger partial charge in [0.15, 0.2) is 8.32 Å². The van der Waals surface area contributed by atoms with Crippen molar-refractivity contribution in [1.82, 2.24) is 0 Å². The maximum atomic E-state index is 11.6. The average Bonchev–Trinajstić information content (AvgIpc) is 2.64. The molecule has 7 nitrogen and oxygen atoms in total. The molecule has 0 saturated heterocycles. The molecule has 0 bridgehead atoms. The van der Waals surface area contributed by atoms with Gasteiger partial charge in [0.05, 0.1) is 17.6 Å². The Bertz CT molecular complexity index is 711. The van der Waals surface area contributed by atoms with E-state index < -0.39 is 25.3 Å². The lowest BCUT2D eigenvalue weighted by Gasteiger charge is -2.36. The van der Waals surface area contributed by atoms with Crippen LogP contribution in [0.5, 0.6) is 0 Å². The summed E-state index contributed by atoms with van der Waals surface area (Å²) in [6, 6.07) is 6.04. The number of non-ortho nitro benzene ring substituents is 1. The highest BCUT2D eigenvalue weighted by Gasteiger charge is 2.37. The van der Waals surface area contributed by atoms with Crippen LogP contribution in [0, 0.1) is 10.1 Å². The highest BCUT2D eigenvalue weighted by molar-refractivity contribution is 6.74. The van der Waals surface area contributed by atoms with Crippen LogP contribution in [0.2, 0.25) is 18.1 Å². The minimum absolute atomic E-state index is 0.0115. The molecule has 1 aromatic carbocycles. The third kappa shape index (κ3) is 8.37. The van der Waals surface area contributed by atoms with Crippen LogP contribution in [-0.2, 0) is 18.7 Å². The molecular weight excluding hydrogens is 402 g/mol. The standard InChI is InChI=1S/C22H35NO6Si/c1-8-14-27-20(13-15-28-30(6,7)22(3,4)5)16-21(29-17(2)24)18-9-11-19(12-10-18)23(25)26/h8-12,20-21H,1,13-16H2,2-7H3. The van der Waals surface area contributed by atoms with Gasteiger partial charge in [0.1, 0.15) is 6.10 Å². The summed E-state index contributed by atoms with van der Waals surface area (Å²) >= 11 is 0. The second kappa shape index (κ2) is 11.4. The Hall–Kier alpha value is -2.03. The Kier molecular flexibility index (Phi) is 9.87. The number of carbonyl (C=O) groups is 1. The number of nitro benzene ring substituents is 1. The van der Waals surface area contributed by atoms with Crippen LogP contribution in [0.1, 0.15) is 52.2 Å². The van der Waals surface area contributed by atoms with Crippen molar-refractivity contribution in [3.63, 3.8) is 0 Å². The van der Waals surface area contributed by atoms with Gasteiger partial charge < -0.3 is 13.9 Å². The summed E-state index contributed by atoms with van der Waals surface area (Å²) < 4.78 is 17.7. The number of rotatable bonds is 12. The van der Waals surface area contributed by atoms with E-state index in [0.29, 0.717) is 31.6 Å². The van der Waals surface area contributed by atoms with E-state index in [1.165, 1.54) is 19.1 Å². The number of benzene rings is 1. The number of carbonyl (C=O) groups excluding carboxylic acids is 1. The molecule has 2 atom stereocenters. The van der Waals surface area contributed by atoms with Gasteiger partial charge in [0, 0.05) is 32.1 Å². The minimum atomic E-state index is -1.88. The highest BCUT2D eigenvalue weighted by atomic mass is 28.4. The first-order valence-corrected chi connectivity index (χ1v) is 13.1. The number of nitro groups is 1. The van der Waals surface area contributed by atoms with Gasteiger partial charge >= 0.3 is 5.97 Å². The fourth-order valence-corrected chi connectivity index (χ4v) is 3.70. The Morgan fingerprint density at radius 3 is 2.33 bits per heavy atom. The van der Waals surface area contributed by atoms with E-state index in [9.17, 15) is 14.9 Å². The lowest BCUT2D eigenvalue weighted by molar-refractivity contribution is -0.384. The largest absolute Gasteiger partial charge is 0.458 e. The molecule has 0 amide bonds. The van der Waals surface area contributed by atoms with Crippen molar-refractivity contribution in [3.05, 3.63) is 52.6 Å². The topological polar surface area (TPSA) is 87.9 Å². The Morgan fingerprint density at radius 2 is 1.87 bits per heavy atom. The van der Waals surface area contributed by atoms with Crippen molar-refractivity contribution >= 4 is 20.0 Å². The van der Waals surface area contributed by atoms with Crippen LogP contribution in [0.15, 0.2) is 36.9 Å². The van der Waals surface area contributed by atoms with Crippen molar-refractivity contribution in [2.75, 3.05) is 13.2 Å². The molecule has 8 heteroatoms. The van der Waals surface area contributed by atoms with Crippen molar-refractivity contribution in [2.24, 2.45) is 0 Å². The number of ether oxygens (including phenoxy) is 2. The molecule has 0 aliphatic carbocycles.